The standard InChI is InChI=1S/C12H13NO2/c1-2-3-10(8-12(13)15)9-4-6-11(14)7-5-9/h4-7,10,14H,8H2,1H3,(H2,13,15)/t10-/m0/s1. The van der Waals surface area contributed by atoms with Gasteiger partial charge in [-0.25, -0.2) is 0 Å². The molecule has 1 aromatic carbocycles. The Balaban J connectivity index is 2.92. The summed E-state index contributed by atoms with van der Waals surface area (Å²) in [5.74, 6) is 5.31. The van der Waals surface area contributed by atoms with Gasteiger partial charge in [-0.3, -0.25) is 4.79 Å². The van der Waals surface area contributed by atoms with Crippen LogP contribution in [-0.2, 0) is 4.79 Å². The van der Waals surface area contributed by atoms with Gasteiger partial charge in [0, 0.05) is 6.42 Å². The lowest BCUT2D eigenvalue weighted by molar-refractivity contribution is -0.118. The van der Waals surface area contributed by atoms with Gasteiger partial charge in [0.05, 0.1) is 5.92 Å². The Hall–Kier alpha value is -1.95. The van der Waals surface area contributed by atoms with Crippen LogP contribution in [0.2, 0.25) is 0 Å². The SMILES string of the molecule is CC#C[C@@H](CC(N)=O)c1ccc(O)cc1. The number of carbonyl (C=O) groups is 1. The average molecular weight is 203 g/mol. The molecule has 0 saturated carbocycles. The molecule has 0 aliphatic carbocycles. The van der Waals surface area contributed by atoms with Gasteiger partial charge in [0.2, 0.25) is 5.91 Å². The van der Waals surface area contributed by atoms with Gasteiger partial charge < -0.3 is 10.8 Å². The van der Waals surface area contributed by atoms with E-state index in [0.29, 0.717) is 0 Å². The van der Waals surface area contributed by atoms with E-state index in [2.05, 4.69) is 11.8 Å². The van der Waals surface area contributed by atoms with Gasteiger partial charge in [-0.2, -0.15) is 0 Å². The first-order chi connectivity index (χ1) is 7.13. The monoisotopic (exact) mass is 203 g/mol. The molecule has 1 atom stereocenters. The Bertz CT molecular complexity index is 398. The molecule has 0 aliphatic rings. The van der Waals surface area contributed by atoms with Crippen molar-refractivity contribution in [1.82, 2.24) is 0 Å². The van der Waals surface area contributed by atoms with Crippen LogP contribution in [0.15, 0.2) is 24.3 Å². The normalized spacial score (nSPS) is 11.3. The first-order valence-corrected chi connectivity index (χ1v) is 4.63. The van der Waals surface area contributed by atoms with Crippen molar-refractivity contribution in [3.8, 4) is 17.6 Å². The van der Waals surface area contributed by atoms with Crippen LogP contribution in [0.5, 0.6) is 5.75 Å². The average Bonchev–Trinajstić information content (AvgIpc) is 2.17. The molecule has 0 heterocycles. The number of phenolic OH excluding ortho intramolecular Hbond substituents is 1. The summed E-state index contributed by atoms with van der Waals surface area (Å²) in [5, 5.41) is 9.12. The minimum absolute atomic E-state index is 0.187. The van der Waals surface area contributed by atoms with Crippen LogP contribution in [0, 0.1) is 11.8 Å². The third kappa shape index (κ3) is 3.35. The van der Waals surface area contributed by atoms with Crippen molar-refractivity contribution in [2.75, 3.05) is 0 Å². The second-order valence-electron chi connectivity index (χ2n) is 3.21. The second kappa shape index (κ2) is 5.06. The van der Waals surface area contributed by atoms with E-state index in [0.717, 1.165) is 5.56 Å². The van der Waals surface area contributed by atoms with Crippen LogP contribution in [0.4, 0.5) is 0 Å². The fraction of sp³-hybridized carbons (Fsp3) is 0.250. The van der Waals surface area contributed by atoms with Crippen LogP contribution in [0.1, 0.15) is 24.8 Å². The number of hydrogen-bond acceptors (Lipinski definition) is 2. The highest BCUT2D eigenvalue weighted by Crippen LogP contribution is 2.20. The Morgan fingerprint density at radius 1 is 1.47 bits per heavy atom. The number of primary amides is 1. The van der Waals surface area contributed by atoms with E-state index in [4.69, 9.17) is 10.8 Å². The summed E-state index contributed by atoms with van der Waals surface area (Å²) in [7, 11) is 0. The van der Waals surface area contributed by atoms with Crippen molar-refractivity contribution in [3.63, 3.8) is 0 Å². The van der Waals surface area contributed by atoms with Crippen molar-refractivity contribution < 1.29 is 9.90 Å². The van der Waals surface area contributed by atoms with Crippen LogP contribution in [0.3, 0.4) is 0 Å². The molecule has 1 aromatic rings. The van der Waals surface area contributed by atoms with Crippen molar-refractivity contribution in [2.24, 2.45) is 5.73 Å². The largest absolute Gasteiger partial charge is 0.508 e. The van der Waals surface area contributed by atoms with E-state index in [9.17, 15) is 4.79 Å². The predicted molar refractivity (Wildman–Crippen MR) is 58.1 cm³/mol. The van der Waals surface area contributed by atoms with Gasteiger partial charge >= 0.3 is 0 Å². The summed E-state index contributed by atoms with van der Waals surface area (Å²) in [6, 6.07) is 6.63. The maximum absolute atomic E-state index is 10.8. The van der Waals surface area contributed by atoms with Gasteiger partial charge in [0.25, 0.3) is 0 Å². The summed E-state index contributed by atoms with van der Waals surface area (Å²) >= 11 is 0. The molecule has 3 heteroatoms. The lowest BCUT2D eigenvalue weighted by atomic mass is 9.96. The molecule has 78 valence electrons. The molecule has 0 unspecified atom stereocenters. The van der Waals surface area contributed by atoms with Crippen LogP contribution in [0.25, 0.3) is 0 Å². The molecule has 0 aromatic heterocycles. The van der Waals surface area contributed by atoms with E-state index in [1.54, 1.807) is 31.2 Å². The maximum Gasteiger partial charge on any atom is 0.219 e. The lowest BCUT2D eigenvalue weighted by Gasteiger charge is -2.08. The fourth-order valence-corrected chi connectivity index (χ4v) is 1.33. The Morgan fingerprint density at radius 2 is 2.07 bits per heavy atom. The van der Waals surface area contributed by atoms with E-state index >= 15 is 0 Å². The summed E-state index contributed by atoms with van der Waals surface area (Å²) in [6.07, 6.45) is 0.200. The molecule has 0 aliphatic heterocycles. The number of carbonyl (C=O) groups excluding carboxylic acids is 1. The molecule has 0 saturated heterocycles. The molecule has 3 N–H and O–H groups in total. The number of amides is 1. The summed E-state index contributed by atoms with van der Waals surface area (Å²) < 4.78 is 0. The zero-order valence-electron chi connectivity index (χ0n) is 8.53. The first-order valence-electron chi connectivity index (χ1n) is 4.63. The number of nitrogens with two attached hydrogens (primary N) is 1. The Labute approximate surface area is 88.9 Å². The van der Waals surface area contributed by atoms with Crippen LogP contribution < -0.4 is 5.73 Å². The van der Waals surface area contributed by atoms with Crippen molar-refractivity contribution in [2.45, 2.75) is 19.3 Å². The van der Waals surface area contributed by atoms with E-state index in [1.807, 2.05) is 0 Å². The van der Waals surface area contributed by atoms with Gasteiger partial charge in [-0.05, 0) is 24.6 Å². The lowest BCUT2D eigenvalue weighted by Crippen LogP contribution is -2.14. The highest BCUT2D eigenvalue weighted by molar-refractivity contribution is 5.75. The summed E-state index contributed by atoms with van der Waals surface area (Å²) in [5.41, 5.74) is 6.02. The van der Waals surface area contributed by atoms with Crippen LogP contribution >= 0.6 is 0 Å². The Morgan fingerprint density at radius 3 is 2.53 bits per heavy atom. The van der Waals surface area contributed by atoms with Crippen LogP contribution in [-0.4, -0.2) is 11.0 Å². The molecule has 3 nitrogen and oxygen atoms in total. The fourth-order valence-electron chi connectivity index (χ4n) is 1.33. The van der Waals surface area contributed by atoms with Gasteiger partial charge in [-0.15, -0.1) is 5.92 Å². The topological polar surface area (TPSA) is 63.3 Å². The number of benzene rings is 1. The van der Waals surface area contributed by atoms with Gasteiger partial charge in [0.15, 0.2) is 0 Å². The van der Waals surface area contributed by atoms with E-state index in [-0.39, 0.29) is 24.0 Å². The first kappa shape index (κ1) is 11.1. The molecule has 0 bridgehead atoms. The summed E-state index contributed by atoms with van der Waals surface area (Å²) in [6.45, 7) is 1.72. The molecule has 0 fully saturated rings. The van der Waals surface area contributed by atoms with Crippen molar-refractivity contribution >= 4 is 5.91 Å². The number of aromatic hydroxyl groups is 1. The molecule has 0 spiro atoms. The molecular formula is C12H13NO2. The highest BCUT2D eigenvalue weighted by Gasteiger charge is 2.11. The number of rotatable bonds is 3. The number of phenols is 1. The molecule has 0 radical (unpaired) electrons. The van der Waals surface area contributed by atoms with Gasteiger partial charge in [0.1, 0.15) is 5.75 Å². The minimum atomic E-state index is -0.379. The quantitative estimate of drug-likeness (QED) is 0.729. The smallest absolute Gasteiger partial charge is 0.219 e. The zero-order valence-corrected chi connectivity index (χ0v) is 8.53. The van der Waals surface area contributed by atoms with Crippen molar-refractivity contribution in [1.29, 1.82) is 0 Å². The third-order valence-corrected chi connectivity index (χ3v) is 2.02. The summed E-state index contributed by atoms with van der Waals surface area (Å²) in [4.78, 5) is 10.8. The molecule has 1 amide bonds. The third-order valence-electron chi connectivity index (χ3n) is 2.02. The molecule has 15 heavy (non-hydrogen) atoms. The molecule has 1 rings (SSSR count). The number of hydrogen-bond donors (Lipinski definition) is 2. The minimum Gasteiger partial charge on any atom is -0.508 e. The van der Waals surface area contributed by atoms with E-state index < -0.39 is 0 Å². The predicted octanol–water partition coefficient (Wildman–Crippen LogP) is 1.37. The van der Waals surface area contributed by atoms with Gasteiger partial charge in [-0.1, -0.05) is 18.1 Å². The second-order valence-corrected chi connectivity index (χ2v) is 3.21. The molecular weight excluding hydrogens is 190 g/mol. The highest BCUT2D eigenvalue weighted by atomic mass is 16.3. The maximum atomic E-state index is 10.8. The van der Waals surface area contributed by atoms with E-state index in [1.165, 1.54) is 0 Å². The Kier molecular flexibility index (Phi) is 3.75. The zero-order chi connectivity index (χ0) is 11.3. The van der Waals surface area contributed by atoms with Crippen molar-refractivity contribution in [3.05, 3.63) is 29.8 Å².